The molecule has 0 saturated carbocycles. The van der Waals surface area contributed by atoms with Crippen molar-refractivity contribution in [2.24, 2.45) is 5.92 Å². The molecule has 7 heteroatoms. The van der Waals surface area contributed by atoms with E-state index in [-0.39, 0.29) is 13.0 Å². The lowest BCUT2D eigenvalue weighted by atomic mass is 10.1. The first-order valence-corrected chi connectivity index (χ1v) is 9.57. The summed E-state index contributed by atoms with van der Waals surface area (Å²) >= 11 is 0. The Labute approximate surface area is 154 Å². The Balaban J connectivity index is 2.62. The van der Waals surface area contributed by atoms with Crippen molar-refractivity contribution >= 4 is 28.0 Å². The summed E-state index contributed by atoms with van der Waals surface area (Å²) < 4.78 is 30.5. The quantitative estimate of drug-likeness (QED) is 0.308. The number of benzene rings is 1. The molecule has 1 unspecified atom stereocenters. The molecule has 1 amide bonds. The Morgan fingerprint density at radius 3 is 2.58 bits per heavy atom. The number of amides is 1. The standard InChI is InChI=1S/C19H21NO5S/c1-3-11-17(19(22)25-4-2)18(21)20-26(23,24)15-10-6-9-14-16-12-7-5-8-13-16/h1,5-10,12-14,17H,4,11,15H2,2H3,(H,20,21)/b10-6+,14-9?. The first-order chi connectivity index (χ1) is 12.4. The van der Waals surface area contributed by atoms with E-state index in [1.165, 1.54) is 6.08 Å². The van der Waals surface area contributed by atoms with E-state index in [1.54, 1.807) is 19.1 Å². The van der Waals surface area contributed by atoms with Crippen molar-refractivity contribution < 1.29 is 22.7 Å². The molecule has 1 rings (SSSR count). The molecule has 1 N–H and O–H groups in total. The monoisotopic (exact) mass is 375 g/mol. The Hall–Kier alpha value is -2.85. The van der Waals surface area contributed by atoms with Crippen LogP contribution in [0.15, 0.2) is 48.6 Å². The summed E-state index contributed by atoms with van der Waals surface area (Å²) in [6.45, 7) is 1.64. The summed E-state index contributed by atoms with van der Waals surface area (Å²) in [5, 5.41) is 0. The van der Waals surface area contributed by atoms with Crippen LogP contribution in [-0.4, -0.2) is 32.7 Å². The minimum absolute atomic E-state index is 0.0659. The van der Waals surface area contributed by atoms with Crippen LogP contribution in [0.1, 0.15) is 18.9 Å². The minimum Gasteiger partial charge on any atom is -0.465 e. The van der Waals surface area contributed by atoms with Gasteiger partial charge in [0.05, 0.1) is 12.4 Å². The fraction of sp³-hybridized carbons (Fsp3) is 0.263. The predicted octanol–water partition coefficient (Wildman–Crippen LogP) is 1.90. The van der Waals surface area contributed by atoms with Crippen molar-refractivity contribution in [3.8, 4) is 12.3 Å². The number of sulfonamides is 1. The van der Waals surface area contributed by atoms with Gasteiger partial charge in [0.2, 0.25) is 15.9 Å². The Kier molecular flexibility index (Phi) is 8.88. The van der Waals surface area contributed by atoms with Crippen LogP contribution in [0.2, 0.25) is 0 Å². The summed E-state index contributed by atoms with van der Waals surface area (Å²) in [4.78, 5) is 23.7. The zero-order chi connectivity index (χ0) is 19.4. The van der Waals surface area contributed by atoms with Gasteiger partial charge in [-0.15, -0.1) is 12.3 Å². The lowest BCUT2D eigenvalue weighted by molar-refractivity contribution is -0.151. The second kappa shape index (κ2) is 10.9. The number of esters is 1. The number of carbonyl (C=O) groups excluding carboxylic acids is 2. The van der Waals surface area contributed by atoms with E-state index in [9.17, 15) is 18.0 Å². The van der Waals surface area contributed by atoms with Crippen LogP contribution < -0.4 is 4.72 Å². The van der Waals surface area contributed by atoms with Gasteiger partial charge in [0.15, 0.2) is 0 Å². The third-order valence-electron chi connectivity index (χ3n) is 3.12. The van der Waals surface area contributed by atoms with Crippen LogP contribution in [-0.2, 0) is 24.3 Å². The van der Waals surface area contributed by atoms with Gasteiger partial charge in [-0.3, -0.25) is 14.3 Å². The molecule has 1 atom stereocenters. The van der Waals surface area contributed by atoms with Crippen molar-refractivity contribution in [3.05, 3.63) is 54.1 Å². The largest absolute Gasteiger partial charge is 0.465 e. The van der Waals surface area contributed by atoms with Gasteiger partial charge in [0.1, 0.15) is 5.92 Å². The molecule has 1 aromatic carbocycles. The van der Waals surface area contributed by atoms with Crippen LogP contribution in [0.5, 0.6) is 0 Å². The van der Waals surface area contributed by atoms with Gasteiger partial charge in [0.25, 0.3) is 0 Å². The third kappa shape index (κ3) is 7.81. The summed E-state index contributed by atoms with van der Waals surface area (Å²) in [6, 6.07) is 9.48. The molecule has 0 bridgehead atoms. The molecular formula is C19H21NO5S. The van der Waals surface area contributed by atoms with Crippen LogP contribution in [0.4, 0.5) is 0 Å². The summed E-state index contributed by atoms with van der Waals surface area (Å²) in [5.74, 6) is -1.43. The zero-order valence-corrected chi connectivity index (χ0v) is 15.2. The Morgan fingerprint density at radius 2 is 1.96 bits per heavy atom. The van der Waals surface area contributed by atoms with Crippen molar-refractivity contribution in [2.75, 3.05) is 12.4 Å². The van der Waals surface area contributed by atoms with Crippen LogP contribution in [0, 0.1) is 18.3 Å². The molecule has 0 radical (unpaired) electrons. The zero-order valence-electron chi connectivity index (χ0n) is 14.4. The molecule has 0 aliphatic rings. The molecule has 0 aliphatic carbocycles. The van der Waals surface area contributed by atoms with Crippen molar-refractivity contribution in [1.29, 1.82) is 0 Å². The highest BCUT2D eigenvalue weighted by Gasteiger charge is 2.29. The van der Waals surface area contributed by atoms with Crippen LogP contribution in [0.3, 0.4) is 0 Å². The number of carbonyl (C=O) groups is 2. The smallest absolute Gasteiger partial charge is 0.319 e. The molecular weight excluding hydrogens is 354 g/mol. The van der Waals surface area contributed by atoms with Gasteiger partial charge in [-0.2, -0.15) is 0 Å². The lowest BCUT2D eigenvalue weighted by Gasteiger charge is -2.12. The number of rotatable bonds is 9. The SMILES string of the molecule is C#CCC(C(=O)NS(=O)(=O)C/C=C/C=Cc1ccccc1)C(=O)OCC. The van der Waals surface area contributed by atoms with Gasteiger partial charge in [-0.1, -0.05) is 54.6 Å². The molecule has 0 saturated heterocycles. The molecule has 0 heterocycles. The number of terminal acetylenes is 1. The number of hydrogen-bond donors (Lipinski definition) is 1. The van der Waals surface area contributed by atoms with Crippen molar-refractivity contribution in [1.82, 2.24) is 4.72 Å². The fourth-order valence-corrected chi connectivity index (χ4v) is 2.80. The molecule has 6 nitrogen and oxygen atoms in total. The van der Waals surface area contributed by atoms with Crippen molar-refractivity contribution in [2.45, 2.75) is 13.3 Å². The first kappa shape index (κ1) is 21.2. The van der Waals surface area contributed by atoms with E-state index >= 15 is 0 Å². The number of allylic oxidation sites excluding steroid dienone is 2. The topological polar surface area (TPSA) is 89.5 Å². The van der Waals surface area contributed by atoms with Crippen LogP contribution in [0.25, 0.3) is 6.08 Å². The van der Waals surface area contributed by atoms with Crippen molar-refractivity contribution in [3.63, 3.8) is 0 Å². The van der Waals surface area contributed by atoms with E-state index in [1.807, 2.05) is 41.1 Å². The Morgan fingerprint density at radius 1 is 1.27 bits per heavy atom. The maximum atomic E-state index is 12.0. The maximum Gasteiger partial charge on any atom is 0.319 e. The predicted molar refractivity (Wildman–Crippen MR) is 100 cm³/mol. The summed E-state index contributed by atoms with van der Waals surface area (Å²) in [6.07, 6.45) is 11.3. The first-order valence-electron chi connectivity index (χ1n) is 7.92. The highest BCUT2D eigenvalue weighted by atomic mass is 32.2. The number of nitrogens with one attached hydrogen (secondary N) is 1. The third-order valence-corrected chi connectivity index (χ3v) is 4.26. The normalized spacial score (nSPS) is 12.6. The second-order valence-corrected chi connectivity index (χ2v) is 6.93. The highest BCUT2D eigenvalue weighted by Crippen LogP contribution is 2.07. The highest BCUT2D eigenvalue weighted by molar-refractivity contribution is 7.90. The molecule has 138 valence electrons. The van der Waals surface area contributed by atoms with E-state index in [0.717, 1.165) is 5.56 Å². The number of ether oxygens (including phenoxy) is 1. The molecule has 0 aromatic heterocycles. The maximum absolute atomic E-state index is 12.0. The molecule has 26 heavy (non-hydrogen) atoms. The number of hydrogen-bond acceptors (Lipinski definition) is 5. The molecule has 0 spiro atoms. The Bertz CT molecular complexity index is 804. The van der Waals surface area contributed by atoms with E-state index < -0.39 is 33.6 Å². The molecule has 0 aliphatic heterocycles. The van der Waals surface area contributed by atoms with Gasteiger partial charge < -0.3 is 4.74 Å². The average molecular weight is 375 g/mol. The fourth-order valence-electron chi connectivity index (χ4n) is 1.90. The summed E-state index contributed by atoms with van der Waals surface area (Å²) in [7, 11) is -3.93. The van der Waals surface area contributed by atoms with Gasteiger partial charge >= 0.3 is 5.97 Å². The summed E-state index contributed by atoms with van der Waals surface area (Å²) in [5.41, 5.74) is 0.972. The molecule has 0 fully saturated rings. The van der Waals surface area contributed by atoms with Gasteiger partial charge in [0, 0.05) is 6.42 Å². The minimum atomic E-state index is -3.93. The van der Waals surface area contributed by atoms with Crippen LogP contribution >= 0.6 is 0 Å². The average Bonchev–Trinajstić information content (AvgIpc) is 2.59. The van der Waals surface area contributed by atoms with Gasteiger partial charge in [-0.25, -0.2) is 8.42 Å². The molecule has 1 aromatic rings. The van der Waals surface area contributed by atoms with E-state index in [0.29, 0.717) is 0 Å². The van der Waals surface area contributed by atoms with E-state index in [2.05, 4.69) is 5.92 Å². The van der Waals surface area contributed by atoms with E-state index in [4.69, 9.17) is 11.2 Å². The lowest BCUT2D eigenvalue weighted by Crippen LogP contribution is -2.40. The second-order valence-electron chi connectivity index (χ2n) is 5.16. The van der Waals surface area contributed by atoms with Gasteiger partial charge in [-0.05, 0) is 12.5 Å².